The quantitative estimate of drug-likeness (QED) is 0.674. The minimum Gasteiger partial charge on any atom is -0.356 e. The maximum Gasteiger partial charge on any atom is 0.417 e. The summed E-state index contributed by atoms with van der Waals surface area (Å²) in [7, 11) is 0. The van der Waals surface area contributed by atoms with E-state index in [9.17, 15) is 22.8 Å². The molecular formula is C23H26ClF3N4O2. The molecule has 2 heterocycles. The number of nitrogens with zero attached hydrogens (tertiary/aromatic N) is 2. The number of benzene rings is 1. The van der Waals surface area contributed by atoms with Crippen molar-refractivity contribution in [2.45, 2.75) is 37.8 Å². The molecule has 1 aromatic carbocycles. The number of pyridine rings is 1. The predicted octanol–water partition coefficient (Wildman–Crippen LogP) is 4.15. The Hall–Kier alpha value is -2.81. The summed E-state index contributed by atoms with van der Waals surface area (Å²) in [6.45, 7) is 0.952. The number of halogens is 4. The molecule has 1 aliphatic rings. The topological polar surface area (TPSA) is 74.3 Å². The van der Waals surface area contributed by atoms with Crippen LogP contribution in [0.5, 0.6) is 0 Å². The van der Waals surface area contributed by atoms with Gasteiger partial charge in [0.25, 0.3) is 0 Å². The maximum absolute atomic E-state index is 13.0. The number of hydrogen-bond acceptors (Lipinski definition) is 4. The predicted molar refractivity (Wildman–Crippen MR) is 120 cm³/mol. The lowest BCUT2D eigenvalue weighted by Gasteiger charge is -2.25. The Balaban J connectivity index is 1.74. The monoisotopic (exact) mass is 482 g/mol. The highest BCUT2D eigenvalue weighted by Gasteiger charge is 2.32. The number of alkyl halides is 3. The Morgan fingerprint density at radius 2 is 1.76 bits per heavy atom. The Kier molecular flexibility index (Phi) is 8.55. The van der Waals surface area contributed by atoms with Crippen molar-refractivity contribution < 1.29 is 22.8 Å². The third-order valence-corrected chi connectivity index (χ3v) is 5.79. The number of aromatic nitrogens is 1. The molecule has 2 amide bonds. The number of amides is 2. The summed E-state index contributed by atoms with van der Waals surface area (Å²) in [5, 5.41) is 5.55. The van der Waals surface area contributed by atoms with Crippen LogP contribution in [0.3, 0.4) is 0 Å². The summed E-state index contributed by atoms with van der Waals surface area (Å²) in [6, 6.07) is 10.6. The van der Waals surface area contributed by atoms with E-state index in [-0.39, 0.29) is 35.1 Å². The van der Waals surface area contributed by atoms with Crippen LogP contribution in [0.15, 0.2) is 42.6 Å². The standard InChI is InChI=1S/C23H26ClF3N4O2/c24-19-13-18(23(25,26)27)14-30-22(19)31-12-4-10-28-20(32)8-7-17(9-11-29-21(33)15-31)16-5-2-1-3-6-16/h1-3,5-6,13-14,17H,4,7-12,15H2,(H,28,32)(H,29,33). The lowest BCUT2D eigenvalue weighted by atomic mass is 9.91. The Morgan fingerprint density at radius 1 is 1.03 bits per heavy atom. The van der Waals surface area contributed by atoms with Gasteiger partial charge in [-0.3, -0.25) is 9.59 Å². The zero-order chi connectivity index (χ0) is 23.8. The second kappa shape index (κ2) is 11.4. The van der Waals surface area contributed by atoms with Gasteiger partial charge in [0.15, 0.2) is 0 Å². The van der Waals surface area contributed by atoms with Gasteiger partial charge >= 0.3 is 6.18 Å². The van der Waals surface area contributed by atoms with E-state index in [0.29, 0.717) is 51.5 Å². The van der Waals surface area contributed by atoms with Crippen LogP contribution in [0, 0.1) is 0 Å². The van der Waals surface area contributed by atoms with Gasteiger partial charge in [-0.05, 0) is 36.8 Å². The van der Waals surface area contributed by atoms with Gasteiger partial charge in [0.05, 0.1) is 17.1 Å². The SMILES string of the molecule is O=C1CCC(c2ccccc2)CCNC(=O)CN(c2ncc(C(F)(F)F)cc2Cl)CCCN1. The molecule has 1 saturated heterocycles. The van der Waals surface area contributed by atoms with Gasteiger partial charge in [0.1, 0.15) is 5.82 Å². The molecule has 1 aromatic heterocycles. The molecule has 0 spiro atoms. The smallest absolute Gasteiger partial charge is 0.356 e. The van der Waals surface area contributed by atoms with Crippen molar-refractivity contribution in [2.24, 2.45) is 0 Å². The first-order chi connectivity index (χ1) is 15.7. The van der Waals surface area contributed by atoms with E-state index in [1.807, 2.05) is 30.3 Å². The fourth-order valence-corrected chi connectivity index (χ4v) is 4.07. The number of carbonyl (C=O) groups is 2. The molecule has 0 radical (unpaired) electrons. The summed E-state index contributed by atoms with van der Waals surface area (Å²) in [5.41, 5.74) is 0.149. The van der Waals surface area contributed by atoms with E-state index in [1.165, 1.54) is 4.90 Å². The van der Waals surface area contributed by atoms with Crippen LogP contribution < -0.4 is 15.5 Å². The fraction of sp³-hybridized carbons (Fsp3) is 0.435. The van der Waals surface area contributed by atoms with Crippen LogP contribution in [-0.4, -0.2) is 43.0 Å². The first-order valence-corrected chi connectivity index (χ1v) is 11.2. The lowest BCUT2D eigenvalue weighted by Crippen LogP contribution is -2.40. The number of hydrogen-bond donors (Lipinski definition) is 2. The minimum absolute atomic E-state index is 0.0609. The molecule has 2 N–H and O–H groups in total. The molecule has 2 aromatic rings. The fourth-order valence-electron chi connectivity index (χ4n) is 3.79. The summed E-state index contributed by atoms with van der Waals surface area (Å²) >= 11 is 6.09. The second-order valence-electron chi connectivity index (χ2n) is 7.94. The molecule has 6 nitrogen and oxygen atoms in total. The number of rotatable bonds is 2. The summed E-state index contributed by atoms with van der Waals surface area (Å²) in [6.07, 6.45) is -1.70. The van der Waals surface area contributed by atoms with Crippen LogP contribution in [0.1, 0.15) is 42.7 Å². The van der Waals surface area contributed by atoms with Gasteiger partial charge in [-0.15, -0.1) is 0 Å². The Morgan fingerprint density at radius 3 is 2.45 bits per heavy atom. The normalized spacial score (nSPS) is 19.4. The van der Waals surface area contributed by atoms with Crippen LogP contribution in [0.2, 0.25) is 5.02 Å². The molecule has 1 atom stereocenters. The molecule has 1 aliphatic heterocycles. The van der Waals surface area contributed by atoms with Crippen molar-refractivity contribution in [3.63, 3.8) is 0 Å². The molecular weight excluding hydrogens is 457 g/mol. The van der Waals surface area contributed by atoms with Gasteiger partial charge < -0.3 is 15.5 Å². The Labute approximate surface area is 195 Å². The number of nitrogens with one attached hydrogen (secondary N) is 2. The average molecular weight is 483 g/mol. The van der Waals surface area contributed by atoms with E-state index in [1.54, 1.807) is 0 Å². The molecule has 0 aliphatic carbocycles. The van der Waals surface area contributed by atoms with E-state index >= 15 is 0 Å². The van der Waals surface area contributed by atoms with Gasteiger partial charge in [-0.1, -0.05) is 41.9 Å². The van der Waals surface area contributed by atoms with Crippen molar-refractivity contribution in [3.05, 3.63) is 58.7 Å². The highest BCUT2D eigenvalue weighted by atomic mass is 35.5. The molecule has 0 bridgehead atoms. The first kappa shape index (κ1) is 24.8. The average Bonchev–Trinajstić information content (AvgIpc) is 2.77. The number of anilines is 1. The highest BCUT2D eigenvalue weighted by Crippen LogP contribution is 2.33. The minimum atomic E-state index is -4.56. The molecule has 3 rings (SSSR count). The molecule has 0 saturated carbocycles. The first-order valence-electron chi connectivity index (χ1n) is 10.8. The molecule has 10 heteroatoms. The van der Waals surface area contributed by atoms with Crippen molar-refractivity contribution in [3.8, 4) is 0 Å². The van der Waals surface area contributed by atoms with Gasteiger partial charge in [-0.2, -0.15) is 13.2 Å². The van der Waals surface area contributed by atoms with Crippen LogP contribution in [0.25, 0.3) is 0 Å². The molecule has 178 valence electrons. The molecule has 33 heavy (non-hydrogen) atoms. The van der Waals surface area contributed by atoms with E-state index < -0.39 is 11.7 Å². The van der Waals surface area contributed by atoms with Crippen molar-refractivity contribution in [1.82, 2.24) is 15.6 Å². The largest absolute Gasteiger partial charge is 0.417 e. The van der Waals surface area contributed by atoms with Crippen molar-refractivity contribution in [2.75, 3.05) is 31.1 Å². The van der Waals surface area contributed by atoms with Gasteiger partial charge in [-0.25, -0.2) is 4.98 Å². The maximum atomic E-state index is 13.0. The van der Waals surface area contributed by atoms with Gasteiger partial charge in [0.2, 0.25) is 11.8 Å². The lowest BCUT2D eigenvalue weighted by molar-refractivity contribution is -0.137. The summed E-state index contributed by atoms with van der Waals surface area (Å²) < 4.78 is 38.9. The van der Waals surface area contributed by atoms with E-state index in [2.05, 4.69) is 15.6 Å². The zero-order valence-electron chi connectivity index (χ0n) is 18.0. The number of carbonyl (C=O) groups excluding carboxylic acids is 2. The zero-order valence-corrected chi connectivity index (χ0v) is 18.8. The molecule has 1 fully saturated rings. The third kappa shape index (κ3) is 7.35. The van der Waals surface area contributed by atoms with Crippen LogP contribution in [-0.2, 0) is 15.8 Å². The van der Waals surface area contributed by atoms with Crippen molar-refractivity contribution >= 4 is 29.2 Å². The van der Waals surface area contributed by atoms with Crippen molar-refractivity contribution in [1.29, 1.82) is 0 Å². The molecule has 1 unspecified atom stereocenters. The highest BCUT2D eigenvalue weighted by molar-refractivity contribution is 6.33. The van der Waals surface area contributed by atoms with E-state index in [0.717, 1.165) is 11.6 Å². The summed E-state index contributed by atoms with van der Waals surface area (Å²) in [5.74, 6) is -0.127. The second-order valence-corrected chi connectivity index (χ2v) is 8.34. The van der Waals surface area contributed by atoms with Crippen LogP contribution >= 0.6 is 11.6 Å². The third-order valence-electron chi connectivity index (χ3n) is 5.52. The summed E-state index contributed by atoms with van der Waals surface area (Å²) in [4.78, 5) is 30.3. The van der Waals surface area contributed by atoms with Gasteiger partial charge in [0, 0.05) is 32.3 Å². The van der Waals surface area contributed by atoms with Crippen LogP contribution in [0.4, 0.5) is 19.0 Å². The van der Waals surface area contributed by atoms with E-state index in [4.69, 9.17) is 11.6 Å². The Bertz CT molecular complexity index is 956.